The normalized spacial score (nSPS) is 13.0. The van der Waals surface area contributed by atoms with E-state index in [1.54, 1.807) is 17.8 Å². The molecule has 0 aromatic carbocycles. The minimum atomic E-state index is -0.928. The number of hydrogen-bond donors (Lipinski definition) is 2. The first-order valence-electron chi connectivity index (χ1n) is 4.02. The number of hydrogen-bond acceptors (Lipinski definition) is 3. The molecule has 0 aromatic heterocycles. The van der Waals surface area contributed by atoms with Gasteiger partial charge in [0.2, 0.25) is 0 Å². The minimum absolute atomic E-state index is 0.516. The van der Waals surface area contributed by atoms with E-state index in [-0.39, 0.29) is 0 Å². The van der Waals surface area contributed by atoms with Crippen molar-refractivity contribution < 1.29 is 9.90 Å². The smallest absolute Gasteiger partial charge is 0.320 e. The van der Waals surface area contributed by atoms with E-state index in [9.17, 15) is 4.79 Å². The molecule has 1 unspecified atom stereocenters. The molecule has 0 heterocycles. The van der Waals surface area contributed by atoms with Crippen molar-refractivity contribution in [2.45, 2.75) is 12.5 Å². The molecule has 0 aliphatic carbocycles. The third kappa shape index (κ3) is 7.62. The number of thioether (sulfide) groups is 1. The van der Waals surface area contributed by atoms with Gasteiger partial charge in [-0.05, 0) is 12.2 Å². The summed E-state index contributed by atoms with van der Waals surface area (Å²) in [6, 6.07) is -0.726. The average molecular weight is 201 g/mol. The van der Waals surface area contributed by atoms with Gasteiger partial charge in [-0.3, -0.25) is 4.79 Å². The van der Waals surface area contributed by atoms with Crippen LogP contribution in [0, 0.1) is 0 Å². The summed E-state index contributed by atoms with van der Waals surface area (Å²) in [5, 5.41) is 8.46. The Morgan fingerprint density at radius 2 is 2.38 bits per heavy atom. The van der Waals surface area contributed by atoms with Crippen molar-refractivity contribution in [3.63, 3.8) is 0 Å². The average Bonchev–Trinajstić information content (AvgIpc) is 2.10. The fourth-order valence-corrected chi connectivity index (χ4v) is 1.47. The maximum absolute atomic E-state index is 10.3. The number of nitrogens with two attached hydrogens (primary N) is 1. The van der Waals surface area contributed by atoms with Crippen molar-refractivity contribution in [2.75, 3.05) is 11.5 Å². The molecule has 0 radical (unpaired) electrons. The zero-order chi connectivity index (χ0) is 10.1. The minimum Gasteiger partial charge on any atom is -0.480 e. The molecule has 0 bridgehead atoms. The highest BCUT2D eigenvalue weighted by Gasteiger charge is 2.09. The Balaban J connectivity index is 3.30. The molecule has 3 N–H and O–H groups in total. The van der Waals surface area contributed by atoms with Gasteiger partial charge in [0.15, 0.2) is 0 Å². The van der Waals surface area contributed by atoms with Crippen LogP contribution in [0.5, 0.6) is 0 Å². The molecule has 0 saturated carbocycles. The monoisotopic (exact) mass is 201 g/mol. The van der Waals surface area contributed by atoms with E-state index in [0.717, 1.165) is 11.5 Å². The summed E-state index contributed by atoms with van der Waals surface area (Å²) in [5.41, 5.74) is 5.31. The van der Waals surface area contributed by atoms with Gasteiger partial charge in [-0.15, -0.1) is 0 Å². The van der Waals surface area contributed by atoms with Gasteiger partial charge in [0, 0.05) is 5.75 Å². The molecule has 13 heavy (non-hydrogen) atoms. The van der Waals surface area contributed by atoms with E-state index in [4.69, 9.17) is 10.8 Å². The lowest BCUT2D eigenvalue weighted by Gasteiger charge is -2.03. The zero-order valence-corrected chi connectivity index (χ0v) is 8.30. The standard InChI is InChI=1S/C9H15NO2S/c1-2-3-4-6-13-7-5-8(10)9(11)12/h2-4,8H,1,5-7,10H2,(H,11,12)/b4-3+. The highest BCUT2D eigenvalue weighted by Crippen LogP contribution is 2.04. The predicted octanol–water partition coefficient (Wildman–Crippen LogP) is 1.26. The third-order valence-electron chi connectivity index (χ3n) is 1.38. The van der Waals surface area contributed by atoms with E-state index in [0.29, 0.717) is 6.42 Å². The van der Waals surface area contributed by atoms with E-state index in [1.165, 1.54) is 0 Å². The van der Waals surface area contributed by atoms with Gasteiger partial charge < -0.3 is 10.8 Å². The van der Waals surface area contributed by atoms with Crippen molar-refractivity contribution in [3.8, 4) is 0 Å². The van der Waals surface area contributed by atoms with Crippen LogP contribution in [0.25, 0.3) is 0 Å². The Kier molecular flexibility index (Phi) is 7.44. The number of carbonyl (C=O) groups is 1. The van der Waals surface area contributed by atoms with E-state index >= 15 is 0 Å². The number of carboxylic acid groups (broad SMARTS) is 1. The van der Waals surface area contributed by atoms with Crippen molar-refractivity contribution in [3.05, 3.63) is 24.8 Å². The van der Waals surface area contributed by atoms with Crippen molar-refractivity contribution in [1.82, 2.24) is 0 Å². The molecular formula is C9H15NO2S. The van der Waals surface area contributed by atoms with Gasteiger partial charge in [0.25, 0.3) is 0 Å². The lowest BCUT2D eigenvalue weighted by Crippen LogP contribution is -2.30. The molecule has 0 amide bonds. The quantitative estimate of drug-likeness (QED) is 0.481. The number of rotatable bonds is 7. The topological polar surface area (TPSA) is 63.3 Å². The first kappa shape index (κ1) is 12.3. The molecule has 0 saturated heterocycles. The predicted molar refractivity (Wildman–Crippen MR) is 56.9 cm³/mol. The summed E-state index contributed by atoms with van der Waals surface area (Å²) in [4.78, 5) is 10.3. The Hall–Kier alpha value is -0.740. The second-order valence-electron chi connectivity index (χ2n) is 2.47. The SMILES string of the molecule is C=C/C=C/CSCCC(N)C(=O)O. The first-order chi connectivity index (χ1) is 6.18. The molecule has 0 fully saturated rings. The van der Waals surface area contributed by atoms with Gasteiger partial charge in [-0.1, -0.05) is 24.8 Å². The number of allylic oxidation sites excluding steroid dienone is 2. The molecule has 74 valence electrons. The molecule has 0 spiro atoms. The van der Waals surface area contributed by atoms with Gasteiger partial charge in [-0.25, -0.2) is 0 Å². The van der Waals surface area contributed by atoms with Crippen LogP contribution in [0.3, 0.4) is 0 Å². The van der Waals surface area contributed by atoms with Crippen LogP contribution in [0.1, 0.15) is 6.42 Å². The Bertz CT molecular complexity index is 192. The maximum Gasteiger partial charge on any atom is 0.320 e. The van der Waals surface area contributed by atoms with Crippen LogP contribution in [-0.4, -0.2) is 28.6 Å². The lowest BCUT2D eigenvalue weighted by atomic mass is 10.2. The summed E-state index contributed by atoms with van der Waals surface area (Å²) in [6.07, 6.45) is 6.07. The molecule has 0 aliphatic rings. The van der Waals surface area contributed by atoms with Crippen molar-refractivity contribution in [1.29, 1.82) is 0 Å². The molecule has 0 rings (SSSR count). The lowest BCUT2D eigenvalue weighted by molar-refractivity contribution is -0.138. The summed E-state index contributed by atoms with van der Waals surface area (Å²) in [6.45, 7) is 3.54. The van der Waals surface area contributed by atoms with E-state index in [2.05, 4.69) is 6.58 Å². The first-order valence-corrected chi connectivity index (χ1v) is 5.17. The fraction of sp³-hybridized carbons (Fsp3) is 0.444. The second-order valence-corrected chi connectivity index (χ2v) is 3.62. The van der Waals surface area contributed by atoms with Crippen molar-refractivity contribution >= 4 is 17.7 Å². The van der Waals surface area contributed by atoms with Crippen LogP contribution in [0.15, 0.2) is 24.8 Å². The summed E-state index contributed by atoms with van der Waals surface area (Å²) in [7, 11) is 0. The van der Waals surface area contributed by atoms with Crippen LogP contribution >= 0.6 is 11.8 Å². The molecule has 3 nitrogen and oxygen atoms in total. The van der Waals surface area contributed by atoms with E-state index in [1.807, 2.05) is 12.2 Å². The molecular weight excluding hydrogens is 186 g/mol. The maximum atomic E-state index is 10.3. The van der Waals surface area contributed by atoms with Crippen molar-refractivity contribution in [2.24, 2.45) is 5.73 Å². The summed E-state index contributed by atoms with van der Waals surface area (Å²) >= 11 is 1.66. The zero-order valence-electron chi connectivity index (χ0n) is 7.48. The molecule has 0 aliphatic heterocycles. The Morgan fingerprint density at radius 1 is 1.69 bits per heavy atom. The van der Waals surface area contributed by atoms with Gasteiger partial charge in [0.05, 0.1) is 0 Å². The highest BCUT2D eigenvalue weighted by atomic mass is 32.2. The largest absolute Gasteiger partial charge is 0.480 e. The third-order valence-corrected chi connectivity index (χ3v) is 2.33. The van der Waals surface area contributed by atoms with Gasteiger partial charge in [0.1, 0.15) is 6.04 Å². The molecule has 1 atom stereocenters. The fourth-order valence-electron chi connectivity index (χ4n) is 0.637. The Morgan fingerprint density at radius 3 is 2.92 bits per heavy atom. The highest BCUT2D eigenvalue weighted by molar-refractivity contribution is 7.99. The Labute approximate surface area is 82.7 Å². The van der Waals surface area contributed by atoms with Crippen LogP contribution in [-0.2, 0) is 4.79 Å². The van der Waals surface area contributed by atoms with E-state index < -0.39 is 12.0 Å². The summed E-state index contributed by atoms with van der Waals surface area (Å²) in [5.74, 6) is 0.718. The van der Waals surface area contributed by atoms with Gasteiger partial charge >= 0.3 is 5.97 Å². The summed E-state index contributed by atoms with van der Waals surface area (Å²) < 4.78 is 0. The van der Waals surface area contributed by atoms with Crippen LogP contribution < -0.4 is 5.73 Å². The number of aliphatic carboxylic acids is 1. The second kappa shape index (κ2) is 7.89. The number of carboxylic acids is 1. The molecule has 4 heteroatoms. The van der Waals surface area contributed by atoms with Gasteiger partial charge in [-0.2, -0.15) is 11.8 Å². The van der Waals surface area contributed by atoms with Crippen LogP contribution in [0.2, 0.25) is 0 Å². The van der Waals surface area contributed by atoms with Crippen LogP contribution in [0.4, 0.5) is 0 Å². The molecule has 0 aromatic rings.